The average Bonchev–Trinajstić information content (AvgIpc) is 2.48. The number of rotatable bonds is 5. The van der Waals surface area contributed by atoms with Crippen molar-refractivity contribution in [3.8, 4) is 0 Å². The van der Waals surface area contributed by atoms with Gasteiger partial charge in [0, 0.05) is 18.9 Å². The Kier molecular flexibility index (Phi) is 6.48. The first-order chi connectivity index (χ1) is 12.8. The lowest BCUT2D eigenvalue weighted by molar-refractivity contribution is -0.787. The second-order valence-corrected chi connectivity index (χ2v) is 9.53. The molecule has 5 nitrogen and oxygen atoms in total. The molecule has 1 fully saturated rings. The van der Waals surface area contributed by atoms with Crippen LogP contribution < -0.4 is 16.0 Å². The number of hydrogen-bond acceptors (Lipinski definition) is 2. The van der Waals surface area contributed by atoms with Crippen molar-refractivity contribution in [3.63, 3.8) is 0 Å². The van der Waals surface area contributed by atoms with Gasteiger partial charge in [-0.15, -0.1) is 0 Å². The van der Waals surface area contributed by atoms with E-state index in [9.17, 15) is 18.4 Å². The Bertz CT molecular complexity index is 711. The highest BCUT2D eigenvalue weighted by Gasteiger charge is 2.42. The number of carbonyl (C=O) groups is 2. The van der Waals surface area contributed by atoms with Crippen molar-refractivity contribution in [3.05, 3.63) is 35.4 Å². The van der Waals surface area contributed by atoms with E-state index in [2.05, 4.69) is 43.6 Å². The van der Waals surface area contributed by atoms with Gasteiger partial charge in [0.2, 0.25) is 5.91 Å². The summed E-state index contributed by atoms with van der Waals surface area (Å²) in [5, 5.41) is 7.85. The Morgan fingerprint density at radius 1 is 1.07 bits per heavy atom. The standard InChI is InChI=1S/C21H31F2N3O2/c1-12(2)17(25-18(27)16-14(22)8-7-9-15(16)23)19(28)24-13-10-20(3,4)26-21(5,6)11-13/h7-9,12-13,17,26H,10-11H2,1-6H3,(H,24,28)(H,25,27)/p+1/t17-/m1/s1. The van der Waals surface area contributed by atoms with Crippen LogP contribution in [0.5, 0.6) is 0 Å². The van der Waals surface area contributed by atoms with Crippen LogP contribution in [0.3, 0.4) is 0 Å². The van der Waals surface area contributed by atoms with Crippen LogP contribution in [0.1, 0.15) is 64.7 Å². The van der Waals surface area contributed by atoms with Crippen LogP contribution in [0.2, 0.25) is 0 Å². The Morgan fingerprint density at radius 2 is 1.57 bits per heavy atom. The van der Waals surface area contributed by atoms with Gasteiger partial charge >= 0.3 is 0 Å². The molecule has 2 rings (SSSR count). The van der Waals surface area contributed by atoms with Crippen LogP contribution in [-0.4, -0.2) is 35.0 Å². The highest BCUT2D eigenvalue weighted by Crippen LogP contribution is 2.22. The zero-order valence-corrected chi connectivity index (χ0v) is 17.5. The van der Waals surface area contributed by atoms with Gasteiger partial charge in [-0.2, -0.15) is 0 Å². The van der Waals surface area contributed by atoms with Crippen molar-refractivity contribution in [2.75, 3.05) is 0 Å². The van der Waals surface area contributed by atoms with Crippen LogP contribution in [0.4, 0.5) is 8.78 Å². The lowest BCUT2D eigenvalue weighted by Gasteiger charge is -2.43. The minimum Gasteiger partial charge on any atom is -0.351 e. The molecule has 2 amide bonds. The zero-order valence-electron chi connectivity index (χ0n) is 17.5. The predicted molar refractivity (Wildman–Crippen MR) is 104 cm³/mol. The minimum absolute atomic E-state index is 0.0213. The lowest BCUT2D eigenvalue weighted by Crippen LogP contribution is -3.06. The normalized spacial score (nSPS) is 19.9. The summed E-state index contributed by atoms with van der Waals surface area (Å²) in [6.07, 6.45) is 1.59. The Balaban J connectivity index is 2.13. The molecule has 28 heavy (non-hydrogen) atoms. The Labute approximate surface area is 165 Å². The molecule has 0 unspecified atom stereocenters. The maximum absolute atomic E-state index is 13.9. The molecule has 0 radical (unpaired) electrons. The maximum Gasteiger partial charge on any atom is 0.257 e. The maximum atomic E-state index is 13.9. The van der Waals surface area contributed by atoms with E-state index < -0.39 is 29.1 Å². The van der Waals surface area contributed by atoms with Crippen LogP contribution in [0.25, 0.3) is 0 Å². The summed E-state index contributed by atoms with van der Waals surface area (Å²) < 4.78 is 27.8. The van der Waals surface area contributed by atoms with Gasteiger partial charge in [-0.3, -0.25) is 9.59 Å². The Hall–Kier alpha value is -2.02. The number of halogens is 2. The molecule has 0 bridgehead atoms. The molecule has 156 valence electrons. The van der Waals surface area contributed by atoms with Crippen molar-refractivity contribution >= 4 is 11.8 Å². The van der Waals surface area contributed by atoms with E-state index in [1.807, 2.05) is 0 Å². The van der Waals surface area contributed by atoms with E-state index >= 15 is 0 Å². The van der Waals surface area contributed by atoms with E-state index in [0.717, 1.165) is 25.0 Å². The zero-order chi connectivity index (χ0) is 21.3. The summed E-state index contributed by atoms with van der Waals surface area (Å²) in [4.78, 5) is 25.3. The summed E-state index contributed by atoms with van der Waals surface area (Å²) >= 11 is 0. The highest BCUT2D eigenvalue weighted by molar-refractivity contribution is 5.98. The molecule has 0 aliphatic carbocycles. The van der Waals surface area contributed by atoms with Crippen molar-refractivity contribution in [1.29, 1.82) is 0 Å². The van der Waals surface area contributed by atoms with Crippen molar-refractivity contribution in [1.82, 2.24) is 10.6 Å². The first-order valence-electron chi connectivity index (χ1n) is 9.74. The fourth-order valence-electron chi connectivity index (χ4n) is 4.37. The quantitative estimate of drug-likeness (QED) is 0.713. The molecular weight excluding hydrogens is 364 g/mol. The minimum atomic E-state index is -0.952. The van der Waals surface area contributed by atoms with E-state index in [1.54, 1.807) is 13.8 Å². The average molecular weight is 397 g/mol. The van der Waals surface area contributed by atoms with E-state index in [-0.39, 0.29) is 28.9 Å². The second kappa shape index (κ2) is 8.15. The summed E-state index contributed by atoms with van der Waals surface area (Å²) in [7, 11) is 0. The lowest BCUT2D eigenvalue weighted by atomic mass is 9.79. The number of carbonyl (C=O) groups excluding carboxylic acids is 2. The molecular formula is C21H32F2N3O2+. The summed E-state index contributed by atoms with van der Waals surface area (Å²) in [6.45, 7) is 12.1. The van der Waals surface area contributed by atoms with Crippen molar-refractivity contribution in [2.24, 2.45) is 5.92 Å². The van der Waals surface area contributed by atoms with Gasteiger partial charge in [0.1, 0.15) is 23.2 Å². The predicted octanol–water partition coefficient (Wildman–Crippen LogP) is 2.12. The molecule has 1 aliphatic rings. The SMILES string of the molecule is CC(C)[C@@H](NC(=O)c1c(F)cccc1F)C(=O)NC1CC(C)(C)[NH2+]C(C)(C)C1. The number of amides is 2. The smallest absolute Gasteiger partial charge is 0.257 e. The van der Waals surface area contributed by atoms with Gasteiger partial charge in [-0.25, -0.2) is 8.78 Å². The van der Waals surface area contributed by atoms with Crippen molar-refractivity contribution < 1.29 is 23.7 Å². The molecule has 1 atom stereocenters. The van der Waals surface area contributed by atoms with Gasteiger partial charge in [0.05, 0.1) is 11.1 Å². The van der Waals surface area contributed by atoms with Gasteiger partial charge in [-0.05, 0) is 45.7 Å². The fraction of sp³-hybridized carbons (Fsp3) is 0.619. The monoisotopic (exact) mass is 396 g/mol. The molecule has 1 heterocycles. The molecule has 1 aromatic rings. The molecule has 0 spiro atoms. The van der Waals surface area contributed by atoms with Gasteiger partial charge < -0.3 is 16.0 Å². The molecule has 0 saturated carbocycles. The number of nitrogens with one attached hydrogen (secondary N) is 2. The Morgan fingerprint density at radius 3 is 2.04 bits per heavy atom. The van der Waals surface area contributed by atoms with Crippen LogP contribution in [0, 0.1) is 17.6 Å². The van der Waals surface area contributed by atoms with Gasteiger partial charge in [0.15, 0.2) is 0 Å². The van der Waals surface area contributed by atoms with Crippen LogP contribution >= 0.6 is 0 Å². The van der Waals surface area contributed by atoms with Crippen LogP contribution in [0.15, 0.2) is 18.2 Å². The molecule has 4 N–H and O–H groups in total. The number of benzene rings is 1. The molecule has 1 aromatic carbocycles. The first kappa shape index (κ1) is 22.3. The molecule has 7 heteroatoms. The summed E-state index contributed by atoms with van der Waals surface area (Å²) in [6, 6.07) is 2.31. The van der Waals surface area contributed by atoms with Crippen LogP contribution in [-0.2, 0) is 4.79 Å². The largest absolute Gasteiger partial charge is 0.351 e. The van der Waals surface area contributed by atoms with E-state index in [0.29, 0.717) is 0 Å². The molecule has 1 aliphatic heterocycles. The first-order valence-corrected chi connectivity index (χ1v) is 9.74. The van der Waals surface area contributed by atoms with E-state index in [1.165, 1.54) is 6.07 Å². The van der Waals surface area contributed by atoms with Gasteiger partial charge in [0.25, 0.3) is 5.91 Å². The summed E-state index contributed by atoms with van der Waals surface area (Å²) in [5.74, 6) is -3.41. The van der Waals surface area contributed by atoms with E-state index in [4.69, 9.17) is 0 Å². The van der Waals surface area contributed by atoms with Gasteiger partial charge in [-0.1, -0.05) is 19.9 Å². The third-order valence-electron chi connectivity index (χ3n) is 5.10. The second-order valence-electron chi connectivity index (χ2n) is 9.53. The third kappa shape index (κ3) is 5.50. The van der Waals surface area contributed by atoms with Crippen molar-refractivity contribution in [2.45, 2.75) is 77.5 Å². The fourth-order valence-corrected chi connectivity index (χ4v) is 4.37. The number of hydrogen-bond donors (Lipinski definition) is 3. The summed E-state index contributed by atoms with van der Waals surface area (Å²) in [5.41, 5.74) is -0.713. The number of piperidine rings is 1. The highest BCUT2D eigenvalue weighted by atomic mass is 19.1. The number of quaternary nitrogens is 1. The molecule has 1 saturated heterocycles. The molecule has 0 aromatic heterocycles. The number of nitrogens with two attached hydrogens (primary N) is 1. The third-order valence-corrected chi connectivity index (χ3v) is 5.10. The topological polar surface area (TPSA) is 74.8 Å².